The van der Waals surface area contributed by atoms with Gasteiger partial charge >= 0.3 is 6.18 Å². The number of aromatic nitrogens is 1. The first kappa shape index (κ1) is 15.0. The van der Waals surface area contributed by atoms with E-state index in [1.807, 2.05) is 0 Å². The average molecular weight is 298 g/mol. The lowest BCUT2D eigenvalue weighted by Crippen LogP contribution is -2.24. The van der Waals surface area contributed by atoms with Gasteiger partial charge in [0.05, 0.1) is 11.1 Å². The minimum atomic E-state index is -4.63. The maximum atomic E-state index is 13.5. The van der Waals surface area contributed by atoms with Crippen molar-refractivity contribution in [1.29, 1.82) is 0 Å². The molecule has 1 N–H and O–H groups in total. The summed E-state index contributed by atoms with van der Waals surface area (Å²) in [5.74, 6) is -1.92. The second kappa shape index (κ2) is 5.90. The molecule has 1 amide bonds. The van der Waals surface area contributed by atoms with E-state index >= 15 is 0 Å². The summed E-state index contributed by atoms with van der Waals surface area (Å²) in [6, 6.07) is 5.03. The molecule has 0 aliphatic heterocycles. The molecule has 0 fully saturated rings. The van der Waals surface area contributed by atoms with Crippen LogP contribution in [0.25, 0.3) is 0 Å². The van der Waals surface area contributed by atoms with E-state index in [1.54, 1.807) is 12.1 Å². The Morgan fingerprint density at radius 2 is 2.00 bits per heavy atom. The fourth-order valence-electron chi connectivity index (χ4n) is 1.66. The van der Waals surface area contributed by atoms with Crippen LogP contribution in [-0.2, 0) is 12.7 Å². The van der Waals surface area contributed by atoms with Crippen LogP contribution in [0.1, 0.15) is 21.5 Å². The van der Waals surface area contributed by atoms with E-state index in [-0.39, 0.29) is 6.54 Å². The fraction of sp³-hybridized carbons (Fsp3) is 0.143. The van der Waals surface area contributed by atoms with Gasteiger partial charge in [0.2, 0.25) is 0 Å². The Kier molecular flexibility index (Phi) is 4.21. The van der Waals surface area contributed by atoms with Gasteiger partial charge in [-0.1, -0.05) is 6.07 Å². The van der Waals surface area contributed by atoms with Crippen molar-refractivity contribution in [3.63, 3.8) is 0 Å². The summed E-state index contributed by atoms with van der Waals surface area (Å²) in [7, 11) is 0. The molecule has 3 nitrogen and oxygen atoms in total. The third-order valence-corrected chi connectivity index (χ3v) is 2.71. The zero-order valence-electron chi connectivity index (χ0n) is 10.6. The number of rotatable bonds is 3. The molecule has 1 aromatic heterocycles. The predicted octanol–water partition coefficient (Wildman–Crippen LogP) is 3.17. The molecule has 0 saturated heterocycles. The van der Waals surface area contributed by atoms with E-state index < -0.39 is 29.0 Å². The molecule has 0 radical (unpaired) electrons. The van der Waals surface area contributed by atoms with Gasteiger partial charge < -0.3 is 5.32 Å². The Morgan fingerprint density at radius 1 is 1.24 bits per heavy atom. The zero-order valence-corrected chi connectivity index (χ0v) is 10.6. The second-order valence-electron chi connectivity index (χ2n) is 4.24. The van der Waals surface area contributed by atoms with Crippen LogP contribution in [0.5, 0.6) is 0 Å². The van der Waals surface area contributed by atoms with Gasteiger partial charge in [0, 0.05) is 18.9 Å². The van der Waals surface area contributed by atoms with Gasteiger partial charge in [-0.05, 0) is 29.8 Å². The topological polar surface area (TPSA) is 42.0 Å². The van der Waals surface area contributed by atoms with Crippen molar-refractivity contribution < 1.29 is 22.4 Å². The number of carbonyl (C=O) groups is 1. The van der Waals surface area contributed by atoms with E-state index in [0.717, 1.165) is 0 Å². The summed E-state index contributed by atoms with van der Waals surface area (Å²) in [4.78, 5) is 15.6. The second-order valence-corrected chi connectivity index (χ2v) is 4.24. The van der Waals surface area contributed by atoms with Crippen molar-refractivity contribution in [2.45, 2.75) is 12.7 Å². The minimum Gasteiger partial charge on any atom is -0.348 e. The molecule has 0 bridgehead atoms. The largest absolute Gasteiger partial charge is 0.416 e. The van der Waals surface area contributed by atoms with E-state index in [2.05, 4.69) is 10.3 Å². The predicted molar refractivity (Wildman–Crippen MR) is 66.8 cm³/mol. The van der Waals surface area contributed by atoms with Crippen LogP contribution in [-0.4, -0.2) is 10.9 Å². The van der Waals surface area contributed by atoms with Crippen LogP contribution >= 0.6 is 0 Å². The van der Waals surface area contributed by atoms with Gasteiger partial charge in [-0.25, -0.2) is 4.39 Å². The van der Waals surface area contributed by atoms with Crippen molar-refractivity contribution in [2.75, 3.05) is 0 Å². The quantitative estimate of drug-likeness (QED) is 0.884. The number of halogens is 4. The fourth-order valence-corrected chi connectivity index (χ4v) is 1.66. The third kappa shape index (κ3) is 3.77. The molecule has 1 aromatic carbocycles. The molecule has 0 aliphatic rings. The van der Waals surface area contributed by atoms with Gasteiger partial charge in [0.1, 0.15) is 5.82 Å². The standard InChI is InChI=1S/C14H10F4N2O/c15-12-4-3-10(14(16,17)18)6-11(12)13(21)20-8-9-2-1-5-19-7-9/h1-7H,8H2,(H,20,21). The molecule has 0 unspecified atom stereocenters. The number of alkyl halides is 3. The smallest absolute Gasteiger partial charge is 0.348 e. The van der Waals surface area contributed by atoms with Gasteiger partial charge in [-0.3, -0.25) is 9.78 Å². The molecule has 2 aromatic rings. The van der Waals surface area contributed by atoms with Crippen LogP contribution in [0.2, 0.25) is 0 Å². The molecule has 0 aliphatic carbocycles. The number of nitrogens with zero attached hydrogens (tertiary/aromatic N) is 1. The molecule has 2 rings (SSSR count). The van der Waals surface area contributed by atoms with Gasteiger partial charge in [-0.15, -0.1) is 0 Å². The van der Waals surface area contributed by atoms with Crippen LogP contribution in [0.4, 0.5) is 17.6 Å². The normalized spacial score (nSPS) is 11.2. The van der Waals surface area contributed by atoms with E-state index in [4.69, 9.17) is 0 Å². The molecule has 110 valence electrons. The number of amides is 1. The minimum absolute atomic E-state index is 0.0440. The number of nitrogens with one attached hydrogen (secondary N) is 1. The summed E-state index contributed by atoms with van der Waals surface area (Å²) in [6.07, 6.45) is -1.60. The first-order valence-corrected chi connectivity index (χ1v) is 5.92. The summed E-state index contributed by atoms with van der Waals surface area (Å²) in [6.45, 7) is 0.0440. The number of hydrogen-bond donors (Lipinski definition) is 1. The first-order chi connectivity index (χ1) is 9.88. The van der Waals surface area contributed by atoms with Gasteiger partial charge in [0.15, 0.2) is 0 Å². The Morgan fingerprint density at radius 3 is 2.62 bits per heavy atom. The molecule has 0 saturated carbocycles. The number of hydrogen-bond acceptors (Lipinski definition) is 2. The number of benzene rings is 1. The SMILES string of the molecule is O=C(NCc1cccnc1)c1cc(C(F)(F)F)ccc1F. The zero-order chi connectivity index (χ0) is 15.5. The molecule has 21 heavy (non-hydrogen) atoms. The maximum Gasteiger partial charge on any atom is 0.416 e. The van der Waals surface area contributed by atoms with Gasteiger partial charge in [0.25, 0.3) is 5.91 Å². The maximum absolute atomic E-state index is 13.5. The Hall–Kier alpha value is -2.44. The lowest BCUT2D eigenvalue weighted by molar-refractivity contribution is -0.137. The van der Waals surface area contributed by atoms with E-state index in [0.29, 0.717) is 23.8 Å². The number of pyridine rings is 1. The molecular formula is C14H10F4N2O. The summed E-state index contributed by atoms with van der Waals surface area (Å²) < 4.78 is 51.1. The van der Waals surface area contributed by atoms with Gasteiger partial charge in [-0.2, -0.15) is 13.2 Å². The Bertz CT molecular complexity index is 641. The first-order valence-electron chi connectivity index (χ1n) is 5.92. The third-order valence-electron chi connectivity index (χ3n) is 2.71. The van der Waals surface area contributed by atoms with Crippen molar-refractivity contribution in [2.24, 2.45) is 0 Å². The highest BCUT2D eigenvalue weighted by Crippen LogP contribution is 2.30. The van der Waals surface area contributed by atoms with Crippen LogP contribution in [0, 0.1) is 5.82 Å². The highest BCUT2D eigenvalue weighted by atomic mass is 19.4. The van der Waals surface area contributed by atoms with E-state index in [9.17, 15) is 22.4 Å². The Balaban J connectivity index is 2.15. The average Bonchev–Trinajstić information content (AvgIpc) is 2.45. The lowest BCUT2D eigenvalue weighted by atomic mass is 10.1. The Labute approximate surface area is 117 Å². The monoisotopic (exact) mass is 298 g/mol. The molecule has 1 heterocycles. The van der Waals surface area contributed by atoms with Crippen LogP contribution in [0.15, 0.2) is 42.7 Å². The van der Waals surface area contributed by atoms with Crippen molar-refractivity contribution in [3.8, 4) is 0 Å². The van der Waals surface area contributed by atoms with E-state index in [1.165, 1.54) is 12.4 Å². The van der Waals surface area contributed by atoms with Crippen molar-refractivity contribution in [1.82, 2.24) is 10.3 Å². The van der Waals surface area contributed by atoms with Crippen molar-refractivity contribution in [3.05, 3.63) is 65.2 Å². The highest BCUT2D eigenvalue weighted by molar-refractivity contribution is 5.94. The summed E-state index contributed by atoms with van der Waals surface area (Å²) in [5.41, 5.74) is -1.07. The summed E-state index contributed by atoms with van der Waals surface area (Å²) >= 11 is 0. The van der Waals surface area contributed by atoms with Crippen LogP contribution < -0.4 is 5.32 Å². The highest BCUT2D eigenvalue weighted by Gasteiger charge is 2.31. The molecular weight excluding hydrogens is 288 g/mol. The summed E-state index contributed by atoms with van der Waals surface area (Å²) in [5, 5.41) is 2.35. The number of carbonyl (C=O) groups excluding carboxylic acids is 1. The van der Waals surface area contributed by atoms with Crippen molar-refractivity contribution >= 4 is 5.91 Å². The van der Waals surface area contributed by atoms with Crippen LogP contribution in [0.3, 0.4) is 0 Å². The lowest BCUT2D eigenvalue weighted by Gasteiger charge is -2.10. The molecule has 7 heteroatoms. The molecule has 0 atom stereocenters. The molecule has 0 spiro atoms.